The van der Waals surface area contributed by atoms with E-state index in [1.807, 2.05) is 31.3 Å². The second kappa shape index (κ2) is 4.20. The van der Waals surface area contributed by atoms with E-state index in [0.29, 0.717) is 6.54 Å². The zero-order chi connectivity index (χ0) is 10.8. The van der Waals surface area contributed by atoms with Gasteiger partial charge in [0.2, 0.25) is 0 Å². The Morgan fingerprint density at radius 1 is 1.29 bits per heavy atom. The molecule has 0 fully saturated rings. The molecule has 0 aromatic heterocycles. The number of likely N-dealkylation sites (N-methyl/N-ethyl adjacent to an activating group) is 1. The van der Waals surface area contributed by atoms with Crippen molar-refractivity contribution in [3.63, 3.8) is 0 Å². The second-order valence-corrected chi connectivity index (χ2v) is 4.49. The first-order valence-corrected chi connectivity index (χ1v) is 5.04. The Balaban J connectivity index is 2.89. The predicted molar refractivity (Wildman–Crippen MR) is 63.0 cm³/mol. The van der Waals surface area contributed by atoms with E-state index in [4.69, 9.17) is 17.3 Å². The zero-order valence-corrected chi connectivity index (χ0v) is 9.67. The van der Waals surface area contributed by atoms with Crippen LogP contribution in [0.3, 0.4) is 0 Å². The summed E-state index contributed by atoms with van der Waals surface area (Å²) >= 11 is 5.82. The molecular weight excluding hydrogens is 196 g/mol. The van der Waals surface area contributed by atoms with Gasteiger partial charge in [-0.1, -0.05) is 11.6 Å². The lowest BCUT2D eigenvalue weighted by Gasteiger charge is -2.36. The molecule has 1 rings (SSSR count). The van der Waals surface area contributed by atoms with Crippen molar-refractivity contribution in [2.24, 2.45) is 5.73 Å². The second-order valence-electron chi connectivity index (χ2n) is 4.05. The van der Waals surface area contributed by atoms with Crippen molar-refractivity contribution in [2.75, 3.05) is 18.5 Å². The minimum absolute atomic E-state index is 0.0339. The molecule has 0 amide bonds. The van der Waals surface area contributed by atoms with Crippen LogP contribution in [-0.4, -0.2) is 19.1 Å². The molecule has 0 radical (unpaired) electrons. The number of nitrogens with two attached hydrogens (primary N) is 1. The van der Waals surface area contributed by atoms with Gasteiger partial charge < -0.3 is 10.6 Å². The summed E-state index contributed by atoms with van der Waals surface area (Å²) < 4.78 is 0. The lowest BCUT2D eigenvalue weighted by molar-refractivity contribution is 0.498. The molecule has 2 N–H and O–H groups in total. The first-order valence-electron chi connectivity index (χ1n) is 4.67. The lowest BCUT2D eigenvalue weighted by Crippen LogP contribution is -2.47. The predicted octanol–water partition coefficient (Wildman–Crippen LogP) is 2.51. The maximum atomic E-state index is 5.82. The molecule has 0 heterocycles. The van der Waals surface area contributed by atoms with Crippen LogP contribution in [0.2, 0.25) is 5.02 Å². The smallest absolute Gasteiger partial charge is 0.0464 e. The highest BCUT2D eigenvalue weighted by molar-refractivity contribution is 6.30. The Bertz CT molecular complexity index is 293. The molecule has 0 spiro atoms. The van der Waals surface area contributed by atoms with E-state index < -0.39 is 0 Å². The van der Waals surface area contributed by atoms with Crippen LogP contribution in [0.1, 0.15) is 13.8 Å². The molecule has 1 aromatic carbocycles. The van der Waals surface area contributed by atoms with Gasteiger partial charge in [0.15, 0.2) is 0 Å². The molecule has 1 aromatic rings. The average Bonchev–Trinajstić information content (AvgIpc) is 2.18. The summed E-state index contributed by atoms with van der Waals surface area (Å²) in [4.78, 5) is 2.16. The van der Waals surface area contributed by atoms with Crippen LogP contribution >= 0.6 is 11.6 Å². The summed E-state index contributed by atoms with van der Waals surface area (Å²) in [5.41, 5.74) is 6.80. The van der Waals surface area contributed by atoms with Crippen molar-refractivity contribution in [3.8, 4) is 0 Å². The SMILES string of the molecule is CN(c1ccc(Cl)cc1)C(C)(C)CN. The fraction of sp³-hybridized carbons (Fsp3) is 0.455. The molecule has 0 aliphatic rings. The van der Waals surface area contributed by atoms with Crippen LogP contribution in [0.5, 0.6) is 0 Å². The lowest BCUT2D eigenvalue weighted by atomic mass is 10.0. The fourth-order valence-corrected chi connectivity index (χ4v) is 1.28. The quantitative estimate of drug-likeness (QED) is 0.835. The fourth-order valence-electron chi connectivity index (χ4n) is 1.15. The van der Waals surface area contributed by atoms with E-state index in [0.717, 1.165) is 10.7 Å². The van der Waals surface area contributed by atoms with Gasteiger partial charge >= 0.3 is 0 Å². The highest BCUT2D eigenvalue weighted by atomic mass is 35.5. The van der Waals surface area contributed by atoms with E-state index in [9.17, 15) is 0 Å². The van der Waals surface area contributed by atoms with E-state index in [1.54, 1.807) is 0 Å². The molecule has 2 nitrogen and oxygen atoms in total. The molecular formula is C11H17ClN2. The van der Waals surface area contributed by atoms with E-state index in [1.165, 1.54) is 0 Å². The van der Waals surface area contributed by atoms with Gasteiger partial charge in [-0.25, -0.2) is 0 Å². The van der Waals surface area contributed by atoms with Crippen molar-refractivity contribution < 1.29 is 0 Å². The zero-order valence-electron chi connectivity index (χ0n) is 8.92. The Hall–Kier alpha value is -0.730. The normalized spacial score (nSPS) is 11.5. The van der Waals surface area contributed by atoms with E-state index in [2.05, 4.69) is 18.7 Å². The third-order valence-corrected chi connectivity index (χ3v) is 2.87. The van der Waals surface area contributed by atoms with Crippen molar-refractivity contribution in [1.29, 1.82) is 0 Å². The van der Waals surface area contributed by atoms with Gasteiger partial charge in [-0.2, -0.15) is 0 Å². The molecule has 78 valence electrons. The first-order chi connectivity index (χ1) is 6.47. The number of benzene rings is 1. The largest absolute Gasteiger partial charge is 0.368 e. The third-order valence-electron chi connectivity index (χ3n) is 2.62. The summed E-state index contributed by atoms with van der Waals surface area (Å²) in [6, 6.07) is 7.78. The molecule has 0 aliphatic heterocycles. The summed E-state index contributed by atoms with van der Waals surface area (Å²) in [5, 5.41) is 0.757. The number of hydrogen-bond acceptors (Lipinski definition) is 2. The van der Waals surface area contributed by atoms with Gasteiger partial charge in [0, 0.05) is 29.8 Å². The molecule has 0 aliphatic carbocycles. The number of nitrogens with zero attached hydrogens (tertiary/aromatic N) is 1. The summed E-state index contributed by atoms with van der Waals surface area (Å²) in [7, 11) is 2.04. The van der Waals surface area contributed by atoms with Crippen LogP contribution in [0.15, 0.2) is 24.3 Å². The van der Waals surface area contributed by atoms with Gasteiger partial charge in [0.1, 0.15) is 0 Å². The highest BCUT2D eigenvalue weighted by Crippen LogP contribution is 2.22. The average molecular weight is 213 g/mol. The highest BCUT2D eigenvalue weighted by Gasteiger charge is 2.21. The van der Waals surface area contributed by atoms with Crippen molar-refractivity contribution in [2.45, 2.75) is 19.4 Å². The monoisotopic (exact) mass is 212 g/mol. The summed E-state index contributed by atoms with van der Waals surface area (Å²) in [6.45, 7) is 4.84. The number of hydrogen-bond donors (Lipinski definition) is 1. The molecule has 3 heteroatoms. The molecule has 0 atom stereocenters. The van der Waals surface area contributed by atoms with Gasteiger partial charge in [-0.05, 0) is 38.1 Å². The molecule has 0 bridgehead atoms. The van der Waals surface area contributed by atoms with E-state index in [-0.39, 0.29) is 5.54 Å². The van der Waals surface area contributed by atoms with Crippen LogP contribution < -0.4 is 10.6 Å². The summed E-state index contributed by atoms with van der Waals surface area (Å²) in [6.07, 6.45) is 0. The summed E-state index contributed by atoms with van der Waals surface area (Å²) in [5.74, 6) is 0. The molecule has 14 heavy (non-hydrogen) atoms. The van der Waals surface area contributed by atoms with Crippen LogP contribution in [0.4, 0.5) is 5.69 Å². The molecule has 0 unspecified atom stereocenters. The molecule has 0 saturated heterocycles. The van der Waals surface area contributed by atoms with Gasteiger partial charge in [0.25, 0.3) is 0 Å². The first kappa shape index (κ1) is 11.3. The van der Waals surface area contributed by atoms with Gasteiger partial charge in [0.05, 0.1) is 0 Å². The maximum absolute atomic E-state index is 5.82. The standard InChI is InChI=1S/C11H17ClN2/c1-11(2,8-13)14(3)10-6-4-9(12)5-7-10/h4-7H,8,13H2,1-3H3. The van der Waals surface area contributed by atoms with Gasteiger partial charge in [-0.3, -0.25) is 0 Å². The Labute approximate surface area is 90.7 Å². The van der Waals surface area contributed by atoms with Crippen LogP contribution in [-0.2, 0) is 0 Å². The third kappa shape index (κ3) is 2.40. The molecule has 0 saturated carbocycles. The minimum Gasteiger partial charge on any atom is -0.368 e. The van der Waals surface area contributed by atoms with Crippen LogP contribution in [0.25, 0.3) is 0 Å². The topological polar surface area (TPSA) is 29.3 Å². The van der Waals surface area contributed by atoms with Crippen molar-refractivity contribution in [1.82, 2.24) is 0 Å². The number of halogens is 1. The van der Waals surface area contributed by atoms with Crippen molar-refractivity contribution >= 4 is 17.3 Å². The van der Waals surface area contributed by atoms with Gasteiger partial charge in [-0.15, -0.1) is 0 Å². The maximum Gasteiger partial charge on any atom is 0.0464 e. The van der Waals surface area contributed by atoms with Crippen molar-refractivity contribution in [3.05, 3.63) is 29.3 Å². The Morgan fingerprint density at radius 2 is 1.79 bits per heavy atom. The van der Waals surface area contributed by atoms with Crippen LogP contribution in [0, 0.1) is 0 Å². The Kier molecular flexibility index (Phi) is 3.40. The number of anilines is 1. The minimum atomic E-state index is -0.0339. The Morgan fingerprint density at radius 3 is 2.21 bits per heavy atom. The van der Waals surface area contributed by atoms with E-state index >= 15 is 0 Å². The number of rotatable bonds is 3.